The molecule has 0 radical (unpaired) electrons. The van der Waals surface area contributed by atoms with Gasteiger partial charge in [-0.25, -0.2) is 4.79 Å². The van der Waals surface area contributed by atoms with Crippen LogP contribution in [-0.4, -0.2) is 30.9 Å². The number of carbonyl (C=O) groups excluding carboxylic acids is 3. The lowest BCUT2D eigenvalue weighted by Gasteiger charge is -2.35. The number of anilines is 2. The number of nitrogens with zero attached hydrogens (tertiary/aromatic N) is 2. The molecule has 33 heavy (non-hydrogen) atoms. The molecule has 0 spiro atoms. The Kier molecular flexibility index (Phi) is 6.69. The summed E-state index contributed by atoms with van der Waals surface area (Å²) in [6.07, 6.45) is 0. The minimum atomic E-state index is -0.360. The molecule has 0 aliphatic carbocycles. The van der Waals surface area contributed by atoms with Crippen LogP contribution in [0.25, 0.3) is 0 Å². The second-order valence-electron chi connectivity index (χ2n) is 7.90. The van der Waals surface area contributed by atoms with Gasteiger partial charge in [-0.2, -0.15) is 0 Å². The molecule has 7 heteroatoms. The zero-order valence-electron chi connectivity index (χ0n) is 18.4. The molecule has 3 aromatic carbocycles. The molecule has 4 amide bonds. The first-order chi connectivity index (χ1) is 16.0. The van der Waals surface area contributed by atoms with Crippen LogP contribution in [0.5, 0.6) is 0 Å². The fourth-order valence-electron chi connectivity index (χ4n) is 3.84. The van der Waals surface area contributed by atoms with Crippen LogP contribution in [0.2, 0.25) is 0 Å². The number of hydrogen-bond acceptors (Lipinski definition) is 3. The first-order valence-electron chi connectivity index (χ1n) is 10.9. The number of carbonyl (C=O) groups is 3. The molecule has 2 N–H and O–H groups in total. The third-order valence-corrected chi connectivity index (χ3v) is 5.57. The molecule has 1 aliphatic rings. The highest BCUT2D eigenvalue weighted by atomic mass is 16.2. The summed E-state index contributed by atoms with van der Waals surface area (Å²) in [5.74, 6) is -0.581. The maximum atomic E-state index is 13.0. The predicted molar refractivity (Wildman–Crippen MR) is 128 cm³/mol. The maximum Gasteiger partial charge on any atom is 0.322 e. The first kappa shape index (κ1) is 22.1. The fourth-order valence-corrected chi connectivity index (χ4v) is 3.84. The third kappa shape index (κ3) is 5.20. The lowest BCUT2D eigenvalue weighted by atomic mass is 10.1. The Morgan fingerprint density at radius 1 is 0.879 bits per heavy atom. The lowest BCUT2D eigenvalue weighted by molar-refractivity contribution is -0.123. The topological polar surface area (TPSA) is 81.8 Å². The van der Waals surface area contributed by atoms with E-state index in [-0.39, 0.29) is 37.0 Å². The smallest absolute Gasteiger partial charge is 0.322 e. The van der Waals surface area contributed by atoms with E-state index >= 15 is 0 Å². The van der Waals surface area contributed by atoms with Crippen molar-refractivity contribution in [2.24, 2.45) is 0 Å². The molecule has 0 saturated carbocycles. The van der Waals surface area contributed by atoms with Crippen LogP contribution in [0, 0.1) is 0 Å². The number of benzene rings is 3. The van der Waals surface area contributed by atoms with Crippen LogP contribution in [0.4, 0.5) is 16.2 Å². The Labute approximate surface area is 193 Å². The summed E-state index contributed by atoms with van der Waals surface area (Å²) in [5, 5.41) is 5.81. The number of fused-ring (bicyclic) bond motifs is 1. The van der Waals surface area contributed by atoms with E-state index in [9.17, 15) is 14.4 Å². The van der Waals surface area contributed by atoms with Crippen molar-refractivity contribution in [3.8, 4) is 0 Å². The molecular formula is C26H26N4O3. The first-order valence-corrected chi connectivity index (χ1v) is 10.9. The summed E-state index contributed by atoms with van der Waals surface area (Å²) in [5.41, 5.74) is 3.07. The number of nitrogens with one attached hydrogen (secondary N) is 2. The van der Waals surface area contributed by atoms with E-state index in [2.05, 4.69) is 10.6 Å². The minimum Gasteiger partial charge on any atom is -0.348 e. The van der Waals surface area contributed by atoms with Crippen molar-refractivity contribution in [3.05, 3.63) is 96.1 Å². The molecule has 1 heterocycles. The lowest BCUT2D eigenvalue weighted by Crippen LogP contribution is -2.53. The average molecular weight is 443 g/mol. The zero-order valence-corrected chi connectivity index (χ0v) is 18.4. The van der Waals surface area contributed by atoms with Gasteiger partial charge in [-0.1, -0.05) is 72.8 Å². The van der Waals surface area contributed by atoms with Crippen LogP contribution in [0.15, 0.2) is 84.9 Å². The molecule has 3 aromatic rings. The van der Waals surface area contributed by atoms with Crippen LogP contribution >= 0.6 is 0 Å². The standard InChI is InChI=1S/C26H26N4O3/c1-19(21-12-6-3-7-13-21)28-24(31)17-29-22-14-8-9-15-23(22)30(18-25(29)32)26(33)27-16-20-10-4-2-5-11-20/h2-15,19H,16-18H2,1H3,(H,27,33)(H,28,31)/t19-/m0/s1. The summed E-state index contributed by atoms with van der Waals surface area (Å²) in [6, 6.07) is 25.8. The second kappa shape index (κ2) is 9.99. The van der Waals surface area contributed by atoms with Gasteiger partial charge in [0, 0.05) is 6.54 Å². The van der Waals surface area contributed by atoms with Gasteiger partial charge in [0.1, 0.15) is 13.1 Å². The molecule has 0 saturated heterocycles. The van der Waals surface area contributed by atoms with Crippen molar-refractivity contribution in [1.29, 1.82) is 0 Å². The van der Waals surface area contributed by atoms with E-state index in [1.165, 1.54) is 9.80 Å². The van der Waals surface area contributed by atoms with E-state index < -0.39 is 0 Å². The van der Waals surface area contributed by atoms with E-state index in [1.54, 1.807) is 18.2 Å². The number of amides is 4. The van der Waals surface area contributed by atoms with Gasteiger partial charge in [0.05, 0.1) is 17.4 Å². The monoisotopic (exact) mass is 442 g/mol. The fraction of sp³-hybridized carbons (Fsp3) is 0.192. The zero-order chi connectivity index (χ0) is 23.2. The molecule has 0 fully saturated rings. The van der Waals surface area contributed by atoms with Crippen molar-refractivity contribution < 1.29 is 14.4 Å². The molecule has 4 rings (SSSR count). The van der Waals surface area contributed by atoms with Gasteiger partial charge in [0.15, 0.2) is 0 Å². The van der Waals surface area contributed by atoms with Gasteiger partial charge in [-0.15, -0.1) is 0 Å². The summed E-state index contributed by atoms with van der Waals surface area (Å²) in [4.78, 5) is 41.4. The molecule has 7 nitrogen and oxygen atoms in total. The van der Waals surface area contributed by atoms with Gasteiger partial charge in [0.2, 0.25) is 11.8 Å². The van der Waals surface area contributed by atoms with Gasteiger partial charge < -0.3 is 10.6 Å². The van der Waals surface area contributed by atoms with E-state index in [1.807, 2.05) is 73.7 Å². The Hall–Kier alpha value is -4.13. The molecule has 1 aliphatic heterocycles. The van der Waals surface area contributed by atoms with Gasteiger partial charge in [-0.3, -0.25) is 19.4 Å². The van der Waals surface area contributed by atoms with Crippen molar-refractivity contribution in [3.63, 3.8) is 0 Å². The normalized spacial score (nSPS) is 13.8. The Morgan fingerprint density at radius 3 is 2.18 bits per heavy atom. The van der Waals surface area contributed by atoms with E-state index in [0.29, 0.717) is 17.9 Å². The van der Waals surface area contributed by atoms with Crippen LogP contribution in [0.3, 0.4) is 0 Å². The largest absolute Gasteiger partial charge is 0.348 e. The molecule has 1 atom stereocenters. The third-order valence-electron chi connectivity index (χ3n) is 5.57. The number of para-hydroxylation sites is 2. The summed E-state index contributed by atoms with van der Waals surface area (Å²) < 4.78 is 0. The maximum absolute atomic E-state index is 13.0. The Morgan fingerprint density at radius 2 is 1.48 bits per heavy atom. The van der Waals surface area contributed by atoms with E-state index in [4.69, 9.17) is 0 Å². The number of urea groups is 1. The minimum absolute atomic E-state index is 0.119. The number of rotatable bonds is 6. The van der Waals surface area contributed by atoms with Crippen molar-refractivity contribution >= 4 is 29.2 Å². The SMILES string of the molecule is C[C@H](NC(=O)CN1C(=O)CN(C(=O)NCc2ccccc2)c2ccccc21)c1ccccc1. The van der Waals surface area contributed by atoms with Gasteiger partial charge >= 0.3 is 6.03 Å². The van der Waals surface area contributed by atoms with Crippen molar-refractivity contribution in [2.75, 3.05) is 22.9 Å². The number of hydrogen-bond donors (Lipinski definition) is 2. The molecule has 0 bridgehead atoms. The van der Waals surface area contributed by atoms with E-state index in [0.717, 1.165) is 11.1 Å². The highest BCUT2D eigenvalue weighted by Crippen LogP contribution is 2.33. The summed E-state index contributed by atoms with van der Waals surface area (Å²) >= 11 is 0. The van der Waals surface area contributed by atoms with Crippen molar-refractivity contribution in [2.45, 2.75) is 19.5 Å². The molecule has 168 valence electrons. The van der Waals surface area contributed by atoms with Crippen LogP contribution in [0.1, 0.15) is 24.1 Å². The summed E-state index contributed by atoms with van der Waals surface area (Å²) in [6.45, 7) is 2.00. The Bertz CT molecular complexity index is 1130. The average Bonchev–Trinajstić information content (AvgIpc) is 2.85. The Balaban J connectivity index is 1.46. The highest BCUT2D eigenvalue weighted by Gasteiger charge is 2.33. The summed E-state index contributed by atoms with van der Waals surface area (Å²) in [7, 11) is 0. The van der Waals surface area contributed by atoms with Crippen molar-refractivity contribution in [1.82, 2.24) is 10.6 Å². The quantitative estimate of drug-likeness (QED) is 0.612. The molecular weight excluding hydrogens is 416 g/mol. The highest BCUT2D eigenvalue weighted by molar-refractivity contribution is 6.12. The van der Waals surface area contributed by atoms with Gasteiger partial charge in [-0.05, 0) is 30.2 Å². The van der Waals surface area contributed by atoms with Crippen LogP contribution in [-0.2, 0) is 16.1 Å². The second-order valence-corrected chi connectivity index (χ2v) is 7.90. The van der Waals surface area contributed by atoms with Crippen LogP contribution < -0.4 is 20.4 Å². The predicted octanol–water partition coefficient (Wildman–Crippen LogP) is 3.63. The molecule has 0 unspecified atom stereocenters. The van der Waals surface area contributed by atoms with Gasteiger partial charge in [0.25, 0.3) is 0 Å². The molecule has 0 aromatic heterocycles.